The third kappa shape index (κ3) is 4.97. The molecule has 2 aliphatic carbocycles. The number of carbonyl (C=O) groups excluding carboxylic acids is 4. The molecule has 2 saturated carbocycles. The maximum Gasteiger partial charge on any atom is 0.265 e. The molecule has 9 nitrogen and oxygen atoms in total. The standard InChI is InChI=1S/C10H12O4.C8H10N2O2.H2O/c1-14-5-2-3-6-7(4-5)9(12)10(13)8(6)11;1-12-7-4-2-3-6(5-7)8(11)10-9;/h5-7H,2-4H2,1H3;2-5H,9H2,1H3,(H,10,11);1H2. The zero-order chi connectivity index (χ0) is 19.3. The molecule has 1 amide bonds. The molecule has 0 heterocycles. The van der Waals surface area contributed by atoms with Gasteiger partial charge in [-0.05, 0) is 37.5 Å². The molecular weight excluding hydrogens is 356 g/mol. The van der Waals surface area contributed by atoms with E-state index in [1.165, 1.54) is 0 Å². The lowest BCUT2D eigenvalue weighted by Gasteiger charge is -2.27. The van der Waals surface area contributed by atoms with Crippen LogP contribution >= 0.6 is 0 Å². The second kappa shape index (κ2) is 9.91. The van der Waals surface area contributed by atoms with Gasteiger partial charge in [-0.25, -0.2) is 5.84 Å². The summed E-state index contributed by atoms with van der Waals surface area (Å²) in [6.45, 7) is 0. The van der Waals surface area contributed by atoms with Crippen LogP contribution in [0.25, 0.3) is 0 Å². The fourth-order valence-corrected chi connectivity index (χ4v) is 3.26. The average molecular weight is 380 g/mol. The summed E-state index contributed by atoms with van der Waals surface area (Å²) in [5.74, 6) is 2.75. The molecule has 148 valence electrons. The molecule has 5 N–H and O–H groups in total. The molecule has 0 bridgehead atoms. The number of ketones is 3. The number of carbonyl (C=O) groups is 4. The van der Waals surface area contributed by atoms with E-state index in [1.807, 2.05) is 5.43 Å². The number of benzene rings is 1. The third-order valence-electron chi connectivity index (χ3n) is 4.72. The number of nitrogens with two attached hydrogens (primary N) is 1. The van der Waals surface area contributed by atoms with Crippen LogP contribution in [0.1, 0.15) is 29.6 Å². The van der Waals surface area contributed by atoms with Crippen LogP contribution in [0.4, 0.5) is 0 Å². The van der Waals surface area contributed by atoms with Crippen LogP contribution in [0.5, 0.6) is 5.75 Å². The maximum atomic E-state index is 11.4. The number of nitrogens with one attached hydrogen (secondary N) is 1. The molecular formula is C18H24N2O7. The first-order valence-electron chi connectivity index (χ1n) is 8.23. The molecule has 0 aliphatic heterocycles. The second-order valence-corrected chi connectivity index (χ2v) is 6.15. The quantitative estimate of drug-likeness (QED) is 0.313. The van der Waals surface area contributed by atoms with Crippen LogP contribution in [-0.2, 0) is 19.1 Å². The van der Waals surface area contributed by atoms with E-state index in [2.05, 4.69) is 0 Å². The molecule has 3 unspecified atom stereocenters. The van der Waals surface area contributed by atoms with Gasteiger partial charge in [-0.3, -0.25) is 24.6 Å². The van der Waals surface area contributed by atoms with Gasteiger partial charge in [0.2, 0.25) is 11.6 Å². The van der Waals surface area contributed by atoms with Gasteiger partial charge in [0.25, 0.3) is 11.7 Å². The smallest absolute Gasteiger partial charge is 0.265 e. The number of nitrogen functional groups attached to an aromatic ring is 1. The van der Waals surface area contributed by atoms with Crippen LogP contribution in [0.15, 0.2) is 24.3 Å². The van der Waals surface area contributed by atoms with Crippen LogP contribution in [0.3, 0.4) is 0 Å². The number of Topliss-reactive ketones (excluding diaryl/α,β-unsaturated/α-hetero) is 3. The van der Waals surface area contributed by atoms with Crippen molar-refractivity contribution in [2.75, 3.05) is 14.2 Å². The van der Waals surface area contributed by atoms with Crippen molar-refractivity contribution in [1.82, 2.24) is 5.43 Å². The molecule has 9 heteroatoms. The van der Waals surface area contributed by atoms with Crippen LogP contribution < -0.4 is 16.0 Å². The van der Waals surface area contributed by atoms with E-state index in [0.717, 1.165) is 6.42 Å². The van der Waals surface area contributed by atoms with Crippen LogP contribution in [-0.4, -0.2) is 49.1 Å². The summed E-state index contributed by atoms with van der Waals surface area (Å²) in [6, 6.07) is 6.75. The van der Waals surface area contributed by atoms with Crippen molar-refractivity contribution in [3.8, 4) is 5.75 Å². The van der Waals surface area contributed by atoms with E-state index in [1.54, 1.807) is 38.5 Å². The van der Waals surface area contributed by atoms with Crippen LogP contribution in [0, 0.1) is 11.8 Å². The number of methoxy groups -OCH3 is 2. The minimum atomic E-state index is -0.795. The third-order valence-corrected chi connectivity index (χ3v) is 4.72. The minimum Gasteiger partial charge on any atom is -0.497 e. The normalized spacial score (nSPS) is 23.5. The van der Waals surface area contributed by atoms with Crippen molar-refractivity contribution in [3.63, 3.8) is 0 Å². The Labute approximate surface area is 156 Å². The molecule has 0 radical (unpaired) electrons. The highest BCUT2D eigenvalue weighted by atomic mass is 16.5. The van der Waals surface area contributed by atoms with E-state index >= 15 is 0 Å². The second-order valence-electron chi connectivity index (χ2n) is 6.15. The number of fused-ring (bicyclic) bond motifs is 1. The van der Waals surface area contributed by atoms with E-state index in [4.69, 9.17) is 15.3 Å². The van der Waals surface area contributed by atoms with E-state index in [0.29, 0.717) is 24.2 Å². The summed E-state index contributed by atoms with van der Waals surface area (Å²) in [5.41, 5.74) is 2.52. The Bertz CT molecular complexity index is 719. The Kier molecular flexibility index (Phi) is 8.23. The molecule has 3 rings (SSSR count). The molecule has 0 spiro atoms. The minimum absolute atomic E-state index is 0. The van der Waals surface area contributed by atoms with Crippen molar-refractivity contribution in [3.05, 3.63) is 29.8 Å². The highest BCUT2D eigenvalue weighted by Gasteiger charge is 2.50. The van der Waals surface area contributed by atoms with Gasteiger partial charge < -0.3 is 14.9 Å². The zero-order valence-electron chi connectivity index (χ0n) is 15.2. The average Bonchev–Trinajstić information content (AvgIpc) is 2.91. The number of hydrogen-bond donors (Lipinski definition) is 2. The Morgan fingerprint density at radius 2 is 1.78 bits per heavy atom. The van der Waals surface area contributed by atoms with Crippen molar-refractivity contribution >= 4 is 23.3 Å². The van der Waals surface area contributed by atoms with Gasteiger partial charge in [-0.1, -0.05) is 6.07 Å². The highest BCUT2D eigenvalue weighted by molar-refractivity contribution is 6.68. The number of ether oxygens (including phenoxy) is 2. The van der Waals surface area contributed by atoms with Crippen molar-refractivity contribution in [2.45, 2.75) is 25.4 Å². The molecule has 1 aromatic carbocycles. The first-order valence-corrected chi connectivity index (χ1v) is 8.23. The summed E-state index contributed by atoms with van der Waals surface area (Å²) in [5, 5.41) is 0. The predicted octanol–water partition coefficient (Wildman–Crippen LogP) is -0.387. The Morgan fingerprint density at radius 3 is 2.37 bits per heavy atom. The molecule has 0 aromatic heterocycles. The molecule has 2 aliphatic rings. The first kappa shape index (κ1) is 22.4. The monoisotopic (exact) mass is 380 g/mol. The van der Waals surface area contributed by atoms with Crippen molar-refractivity contribution < 1.29 is 34.1 Å². The molecule has 3 atom stereocenters. The lowest BCUT2D eigenvalue weighted by atomic mass is 9.79. The van der Waals surface area contributed by atoms with Gasteiger partial charge in [-0.15, -0.1) is 0 Å². The van der Waals surface area contributed by atoms with Gasteiger partial charge in [0.05, 0.1) is 13.2 Å². The predicted molar refractivity (Wildman–Crippen MR) is 94.9 cm³/mol. The Hall–Kier alpha value is -2.62. The SMILES string of the molecule is COC1CCC2C(=O)C(=O)C(=O)C2C1.COc1cccc(C(=O)NN)c1.O. The number of rotatable bonds is 3. The van der Waals surface area contributed by atoms with Gasteiger partial charge in [0.1, 0.15) is 5.75 Å². The summed E-state index contributed by atoms with van der Waals surface area (Å²) >= 11 is 0. The van der Waals surface area contributed by atoms with E-state index in [-0.39, 0.29) is 23.4 Å². The largest absolute Gasteiger partial charge is 0.497 e. The number of hydrazine groups is 1. The van der Waals surface area contributed by atoms with E-state index in [9.17, 15) is 19.2 Å². The number of amides is 1. The first-order chi connectivity index (χ1) is 12.4. The summed E-state index contributed by atoms with van der Waals surface area (Å²) in [7, 11) is 3.13. The van der Waals surface area contributed by atoms with E-state index < -0.39 is 23.3 Å². The molecule has 27 heavy (non-hydrogen) atoms. The number of hydrogen-bond acceptors (Lipinski definition) is 7. The van der Waals surface area contributed by atoms with Crippen molar-refractivity contribution in [1.29, 1.82) is 0 Å². The van der Waals surface area contributed by atoms with Gasteiger partial charge in [-0.2, -0.15) is 0 Å². The zero-order valence-corrected chi connectivity index (χ0v) is 15.2. The lowest BCUT2D eigenvalue weighted by Crippen LogP contribution is -2.30. The summed E-state index contributed by atoms with van der Waals surface area (Å²) < 4.78 is 10.1. The lowest BCUT2D eigenvalue weighted by molar-refractivity contribution is -0.141. The van der Waals surface area contributed by atoms with Gasteiger partial charge in [0, 0.05) is 24.5 Å². The fourth-order valence-electron chi connectivity index (χ4n) is 3.26. The maximum absolute atomic E-state index is 11.4. The topological polar surface area (TPSA) is 156 Å². The Balaban J connectivity index is 0.000000264. The summed E-state index contributed by atoms with van der Waals surface area (Å²) in [6.07, 6.45) is 1.93. The fraction of sp³-hybridized carbons (Fsp3) is 0.444. The Morgan fingerprint density at radius 1 is 1.11 bits per heavy atom. The summed E-state index contributed by atoms with van der Waals surface area (Å²) in [4.78, 5) is 44.8. The van der Waals surface area contributed by atoms with Crippen molar-refractivity contribution in [2.24, 2.45) is 17.7 Å². The molecule has 0 saturated heterocycles. The highest BCUT2D eigenvalue weighted by Crippen LogP contribution is 2.37. The van der Waals surface area contributed by atoms with Crippen LogP contribution in [0.2, 0.25) is 0 Å². The molecule has 2 fully saturated rings. The van der Waals surface area contributed by atoms with Gasteiger partial charge >= 0.3 is 0 Å². The van der Waals surface area contributed by atoms with Gasteiger partial charge in [0.15, 0.2) is 0 Å². The molecule has 1 aromatic rings.